The molecule has 0 unspecified atom stereocenters. The third-order valence-electron chi connectivity index (χ3n) is 6.25. The van der Waals surface area contributed by atoms with Crippen LogP contribution in [0.3, 0.4) is 0 Å². The zero-order chi connectivity index (χ0) is 21.4. The van der Waals surface area contributed by atoms with Crippen molar-refractivity contribution in [3.63, 3.8) is 0 Å². The Labute approximate surface area is 181 Å². The molecular weight excluding hydrogens is 394 g/mol. The Morgan fingerprint density at radius 2 is 1.87 bits per heavy atom. The number of aryl methyl sites for hydroxylation is 1. The van der Waals surface area contributed by atoms with Crippen LogP contribution in [0.25, 0.3) is 5.69 Å². The highest BCUT2D eigenvalue weighted by molar-refractivity contribution is 5.99. The Kier molecular flexibility index (Phi) is 5.23. The lowest BCUT2D eigenvalue weighted by atomic mass is 10.0. The topological polar surface area (TPSA) is 74.4 Å². The Hall–Kier alpha value is -3.13. The Morgan fingerprint density at radius 1 is 1.10 bits per heavy atom. The maximum atomic E-state index is 13.1. The fourth-order valence-electron chi connectivity index (χ4n) is 4.65. The van der Waals surface area contributed by atoms with Crippen LogP contribution in [0.5, 0.6) is 11.5 Å². The number of likely N-dealkylation sites (tertiary alicyclic amines) is 1. The van der Waals surface area contributed by atoms with E-state index in [9.17, 15) is 4.79 Å². The first-order valence-corrected chi connectivity index (χ1v) is 10.8. The van der Waals surface area contributed by atoms with Crippen LogP contribution in [0.15, 0.2) is 36.9 Å². The van der Waals surface area contributed by atoms with E-state index in [0.29, 0.717) is 25.8 Å². The van der Waals surface area contributed by atoms with Crippen molar-refractivity contribution in [2.45, 2.75) is 32.7 Å². The van der Waals surface area contributed by atoms with Gasteiger partial charge >= 0.3 is 0 Å². The van der Waals surface area contributed by atoms with Crippen LogP contribution < -0.4 is 9.47 Å². The fraction of sp³-hybridized carbons (Fsp3) is 0.435. The van der Waals surface area contributed by atoms with E-state index in [0.717, 1.165) is 60.1 Å². The van der Waals surface area contributed by atoms with Gasteiger partial charge < -0.3 is 14.0 Å². The molecule has 0 atom stereocenters. The summed E-state index contributed by atoms with van der Waals surface area (Å²) in [6.45, 7) is 7.38. The molecule has 0 aliphatic carbocycles. The molecular formula is C23H27N5O3. The van der Waals surface area contributed by atoms with Crippen molar-refractivity contribution >= 4 is 5.78 Å². The number of nitrogens with zero attached hydrogens (tertiary/aromatic N) is 5. The van der Waals surface area contributed by atoms with Crippen LogP contribution in [-0.2, 0) is 0 Å². The lowest BCUT2D eigenvalue weighted by Crippen LogP contribution is -2.38. The van der Waals surface area contributed by atoms with Crippen molar-refractivity contribution in [2.24, 2.45) is 0 Å². The summed E-state index contributed by atoms with van der Waals surface area (Å²) >= 11 is 0. The molecule has 1 aromatic carbocycles. The van der Waals surface area contributed by atoms with Crippen LogP contribution in [-0.4, -0.2) is 62.9 Å². The summed E-state index contributed by atoms with van der Waals surface area (Å²) in [6, 6.07) is 8.29. The second kappa shape index (κ2) is 8.19. The summed E-state index contributed by atoms with van der Waals surface area (Å²) in [4.78, 5) is 19.4. The fourth-order valence-corrected chi connectivity index (χ4v) is 4.65. The summed E-state index contributed by atoms with van der Waals surface area (Å²) < 4.78 is 15.4. The van der Waals surface area contributed by atoms with Gasteiger partial charge in [0.05, 0.1) is 12.6 Å². The van der Waals surface area contributed by atoms with Gasteiger partial charge in [0.15, 0.2) is 17.3 Å². The van der Waals surface area contributed by atoms with Gasteiger partial charge in [0, 0.05) is 41.8 Å². The van der Waals surface area contributed by atoms with Gasteiger partial charge in [-0.15, -0.1) is 0 Å². The first-order valence-electron chi connectivity index (χ1n) is 10.8. The summed E-state index contributed by atoms with van der Waals surface area (Å²) in [6.07, 6.45) is 5.31. The van der Waals surface area contributed by atoms with Crippen LogP contribution in [0.1, 0.15) is 40.6 Å². The van der Waals surface area contributed by atoms with Gasteiger partial charge in [-0.1, -0.05) is 0 Å². The Balaban J connectivity index is 1.30. The monoisotopic (exact) mass is 421 g/mol. The van der Waals surface area contributed by atoms with Gasteiger partial charge in [-0.3, -0.25) is 9.69 Å². The lowest BCUT2D eigenvalue weighted by Gasteiger charge is -2.31. The molecule has 0 bridgehead atoms. The normalized spacial score (nSPS) is 17.1. The molecule has 0 saturated carbocycles. The number of carbonyl (C=O) groups is 1. The van der Waals surface area contributed by atoms with E-state index in [1.807, 2.05) is 42.8 Å². The van der Waals surface area contributed by atoms with Crippen LogP contribution >= 0.6 is 0 Å². The van der Waals surface area contributed by atoms with E-state index in [1.165, 1.54) is 0 Å². The van der Waals surface area contributed by atoms with Crippen LogP contribution in [0.4, 0.5) is 0 Å². The van der Waals surface area contributed by atoms with Crippen LogP contribution in [0.2, 0.25) is 0 Å². The number of piperidine rings is 1. The third-order valence-corrected chi connectivity index (χ3v) is 6.25. The minimum Gasteiger partial charge on any atom is -0.486 e. The van der Waals surface area contributed by atoms with E-state index in [1.54, 1.807) is 12.7 Å². The number of hydrogen-bond donors (Lipinski definition) is 0. The van der Waals surface area contributed by atoms with Gasteiger partial charge in [0.2, 0.25) is 0 Å². The maximum Gasteiger partial charge on any atom is 0.178 e. The van der Waals surface area contributed by atoms with Crippen molar-refractivity contribution in [1.29, 1.82) is 0 Å². The quantitative estimate of drug-likeness (QED) is 0.590. The van der Waals surface area contributed by atoms with E-state index in [4.69, 9.17) is 9.47 Å². The molecule has 31 heavy (non-hydrogen) atoms. The number of benzene rings is 1. The highest BCUT2D eigenvalue weighted by Gasteiger charge is 2.25. The largest absolute Gasteiger partial charge is 0.486 e. The molecule has 1 saturated heterocycles. The molecule has 0 spiro atoms. The molecule has 2 aromatic heterocycles. The molecule has 3 aromatic rings. The molecule has 1 fully saturated rings. The van der Waals surface area contributed by atoms with Gasteiger partial charge in [0.1, 0.15) is 25.9 Å². The first-order chi connectivity index (χ1) is 15.1. The predicted octanol–water partition coefficient (Wildman–Crippen LogP) is 2.98. The van der Waals surface area contributed by atoms with E-state index >= 15 is 0 Å². The number of ketones is 1. The number of aromatic nitrogens is 4. The number of fused-ring (bicyclic) bond motifs is 1. The van der Waals surface area contributed by atoms with E-state index < -0.39 is 0 Å². The Morgan fingerprint density at radius 3 is 2.61 bits per heavy atom. The zero-order valence-corrected chi connectivity index (χ0v) is 18.0. The zero-order valence-electron chi connectivity index (χ0n) is 18.0. The number of Topliss-reactive ketones (excluding diaryl/α,β-unsaturated/α-hetero) is 1. The summed E-state index contributed by atoms with van der Waals surface area (Å²) in [7, 11) is 0. The highest BCUT2D eigenvalue weighted by Crippen LogP contribution is 2.33. The van der Waals surface area contributed by atoms with Crippen molar-refractivity contribution in [3.8, 4) is 17.2 Å². The van der Waals surface area contributed by atoms with Gasteiger partial charge in [-0.05, 0) is 44.9 Å². The molecule has 4 heterocycles. The van der Waals surface area contributed by atoms with Gasteiger partial charge in [-0.25, -0.2) is 9.67 Å². The standard InChI is InChI=1S/C23H27N5O3/c1-16-11-20(17(2)28(16)19-3-4-22-23(12-19)31-10-9-30-22)21(29)13-26-7-5-18(6-8-26)27-15-24-14-25-27/h3-4,11-12,14-15,18H,5-10,13H2,1-2H3. The first kappa shape index (κ1) is 19.8. The second-order valence-corrected chi connectivity index (χ2v) is 8.25. The molecule has 162 valence electrons. The number of carbonyl (C=O) groups excluding carboxylic acids is 1. The minimum atomic E-state index is 0.163. The summed E-state index contributed by atoms with van der Waals surface area (Å²) in [5.74, 6) is 1.68. The Bertz CT molecular complexity index is 1080. The molecule has 8 heteroatoms. The molecule has 0 radical (unpaired) electrons. The molecule has 2 aliphatic rings. The minimum absolute atomic E-state index is 0.163. The third kappa shape index (κ3) is 3.83. The van der Waals surface area contributed by atoms with E-state index in [-0.39, 0.29) is 5.78 Å². The van der Waals surface area contributed by atoms with E-state index in [2.05, 4.69) is 19.5 Å². The average Bonchev–Trinajstić information content (AvgIpc) is 3.42. The lowest BCUT2D eigenvalue weighted by molar-refractivity contribution is 0.0894. The summed E-state index contributed by atoms with van der Waals surface area (Å²) in [5.41, 5.74) is 3.75. The molecule has 0 amide bonds. The molecule has 5 rings (SSSR count). The van der Waals surface area contributed by atoms with Gasteiger partial charge in [-0.2, -0.15) is 5.10 Å². The van der Waals surface area contributed by atoms with Crippen molar-refractivity contribution in [1.82, 2.24) is 24.2 Å². The molecule has 0 N–H and O–H groups in total. The molecule has 8 nitrogen and oxygen atoms in total. The van der Waals surface area contributed by atoms with Crippen molar-refractivity contribution in [3.05, 3.63) is 53.9 Å². The number of hydrogen-bond acceptors (Lipinski definition) is 6. The second-order valence-electron chi connectivity index (χ2n) is 8.25. The summed E-state index contributed by atoms with van der Waals surface area (Å²) in [5, 5.41) is 4.25. The highest BCUT2D eigenvalue weighted by atomic mass is 16.6. The SMILES string of the molecule is Cc1cc(C(=O)CN2CCC(n3cncn3)CC2)c(C)n1-c1ccc2c(c1)OCCO2. The maximum absolute atomic E-state index is 13.1. The van der Waals surface area contributed by atoms with Crippen molar-refractivity contribution < 1.29 is 14.3 Å². The number of ether oxygens (including phenoxy) is 2. The van der Waals surface area contributed by atoms with Gasteiger partial charge in [0.25, 0.3) is 0 Å². The smallest absolute Gasteiger partial charge is 0.178 e. The van der Waals surface area contributed by atoms with Crippen LogP contribution in [0, 0.1) is 13.8 Å². The predicted molar refractivity (Wildman–Crippen MR) is 115 cm³/mol. The number of rotatable bonds is 5. The average molecular weight is 422 g/mol. The molecule has 2 aliphatic heterocycles. The van der Waals surface area contributed by atoms with Crippen molar-refractivity contribution in [2.75, 3.05) is 32.8 Å².